The Balaban J connectivity index is 2.51. The van der Waals surface area contributed by atoms with Crippen LogP contribution >= 0.6 is 0 Å². The van der Waals surface area contributed by atoms with E-state index in [1.165, 1.54) is 0 Å². The van der Waals surface area contributed by atoms with Crippen LogP contribution in [0.15, 0.2) is 18.2 Å². The quantitative estimate of drug-likeness (QED) is 0.802. The van der Waals surface area contributed by atoms with Crippen LogP contribution in [0.5, 0.6) is 0 Å². The van der Waals surface area contributed by atoms with Gasteiger partial charge in [0.2, 0.25) is 0 Å². The first-order valence-corrected chi connectivity index (χ1v) is 6.15. The van der Waals surface area contributed by atoms with E-state index in [-0.39, 0.29) is 11.9 Å². The van der Waals surface area contributed by atoms with Crippen molar-refractivity contribution < 1.29 is 9.53 Å². The second-order valence-corrected chi connectivity index (χ2v) is 4.53. The summed E-state index contributed by atoms with van der Waals surface area (Å²) in [7, 11) is 1.62. The Morgan fingerprint density at radius 1 is 1.39 bits per heavy atom. The number of aryl methyl sites for hydroxylation is 2. The minimum absolute atomic E-state index is 0.0322. The summed E-state index contributed by atoms with van der Waals surface area (Å²) in [5.74, 6) is -0.0322. The summed E-state index contributed by atoms with van der Waals surface area (Å²) in [6, 6.07) is 5.81. The van der Waals surface area contributed by atoms with Gasteiger partial charge in [-0.05, 0) is 31.4 Å². The number of hydrogen-bond donors (Lipinski definition) is 2. The summed E-state index contributed by atoms with van der Waals surface area (Å²) in [6.07, 6.45) is 0.713. The first kappa shape index (κ1) is 14.7. The number of amides is 1. The summed E-state index contributed by atoms with van der Waals surface area (Å²) >= 11 is 0. The molecule has 0 bridgehead atoms. The van der Waals surface area contributed by atoms with E-state index in [9.17, 15) is 4.79 Å². The summed E-state index contributed by atoms with van der Waals surface area (Å²) in [5, 5.41) is 2.90. The molecule has 0 radical (unpaired) electrons. The van der Waals surface area contributed by atoms with Crippen LogP contribution in [0.3, 0.4) is 0 Å². The predicted octanol–water partition coefficient (Wildman–Crippen LogP) is 1.40. The third kappa shape index (κ3) is 4.13. The van der Waals surface area contributed by atoms with Gasteiger partial charge in [0.25, 0.3) is 5.91 Å². The molecular formula is C14H22N2O2. The molecule has 0 aliphatic heterocycles. The highest BCUT2D eigenvalue weighted by Gasteiger charge is 2.11. The van der Waals surface area contributed by atoms with Crippen molar-refractivity contribution in [3.8, 4) is 0 Å². The third-order valence-corrected chi connectivity index (χ3v) is 2.89. The molecule has 3 N–H and O–H groups in total. The first-order valence-electron chi connectivity index (χ1n) is 6.15. The van der Waals surface area contributed by atoms with E-state index in [0.717, 1.165) is 16.7 Å². The molecule has 0 spiro atoms. The summed E-state index contributed by atoms with van der Waals surface area (Å²) < 4.78 is 4.95. The van der Waals surface area contributed by atoms with Gasteiger partial charge in [-0.1, -0.05) is 18.2 Å². The van der Waals surface area contributed by atoms with Crippen molar-refractivity contribution in [2.75, 3.05) is 20.3 Å². The Hall–Kier alpha value is -1.39. The molecule has 4 heteroatoms. The second-order valence-electron chi connectivity index (χ2n) is 4.53. The Labute approximate surface area is 109 Å². The molecule has 1 unspecified atom stereocenters. The van der Waals surface area contributed by atoms with Crippen LogP contribution in [0.1, 0.15) is 27.9 Å². The number of methoxy groups -OCH3 is 1. The highest BCUT2D eigenvalue weighted by atomic mass is 16.5. The van der Waals surface area contributed by atoms with E-state index in [4.69, 9.17) is 10.5 Å². The average Bonchev–Trinajstić information content (AvgIpc) is 2.29. The topological polar surface area (TPSA) is 64.3 Å². The number of rotatable bonds is 6. The van der Waals surface area contributed by atoms with E-state index in [1.54, 1.807) is 7.11 Å². The van der Waals surface area contributed by atoms with Gasteiger partial charge in [0.15, 0.2) is 0 Å². The SMILES string of the molecule is COCC(N)CCNC(=O)c1c(C)cccc1C. The van der Waals surface area contributed by atoms with E-state index < -0.39 is 0 Å². The smallest absolute Gasteiger partial charge is 0.251 e. The number of carbonyl (C=O) groups excluding carboxylic acids is 1. The van der Waals surface area contributed by atoms with Crippen molar-refractivity contribution in [1.29, 1.82) is 0 Å². The summed E-state index contributed by atoms with van der Waals surface area (Å²) in [4.78, 5) is 12.0. The van der Waals surface area contributed by atoms with Crippen molar-refractivity contribution in [3.05, 3.63) is 34.9 Å². The van der Waals surface area contributed by atoms with Gasteiger partial charge in [-0.15, -0.1) is 0 Å². The molecule has 0 aliphatic carbocycles. The van der Waals surface area contributed by atoms with Crippen LogP contribution in [0.25, 0.3) is 0 Å². The zero-order valence-electron chi connectivity index (χ0n) is 11.3. The van der Waals surface area contributed by atoms with Crippen molar-refractivity contribution in [3.63, 3.8) is 0 Å². The molecule has 1 atom stereocenters. The fourth-order valence-electron chi connectivity index (χ4n) is 1.93. The largest absolute Gasteiger partial charge is 0.383 e. The number of ether oxygens (including phenoxy) is 1. The number of carbonyl (C=O) groups is 1. The summed E-state index contributed by atoms with van der Waals surface area (Å²) in [6.45, 7) is 4.97. The molecule has 0 saturated carbocycles. The molecule has 0 heterocycles. The van der Waals surface area contributed by atoms with Crippen molar-refractivity contribution in [2.24, 2.45) is 5.73 Å². The second kappa shape index (κ2) is 7.13. The molecule has 1 aromatic carbocycles. The zero-order valence-corrected chi connectivity index (χ0v) is 11.3. The monoisotopic (exact) mass is 250 g/mol. The Kier molecular flexibility index (Phi) is 5.82. The van der Waals surface area contributed by atoms with Gasteiger partial charge in [-0.2, -0.15) is 0 Å². The Morgan fingerprint density at radius 3 is 2.56 bits per heavy atom. The van der Waals surface area contributed by atoms with Gasteiger partial charge in [0.1, 0.15) is 0 Å². The highest BCUT2D eigenvalue weighted by Crippen LogP contribution is 2.12. The molecule has 1 aromatic rings. The Bertz CT molecular complexity index is 385. The van der Waals surface area contributed by atoms with Crippen LogP contribution in [-0.4, -0.2) is 32.2 Å². The van der Waals surface area contributed by atoms with E-state index in [1.807, 2.05) is 32.0 Å². The Morgan fingerprint density at radius 2 is 2.00 bits per heavy atom. The van der Waals surface area contributed by atoms with Crippen LogP contribution < -0.4 is 11.1 Å². The molecule has 4 nitrogen and oxygen atoms in total. The lowest BCUT2D eigenvalue weighted by Gasteiger charge is -2.13. The van der Waals surface area contributed by atoms with Crippen LogP contribution in [0.4, 0.5) is 0 Å². The molecule has 0 fully saturated rings. The normalized spacial score (nSPS) is 12.2. The minimum Gasteiger partial charge on any atom is -0.383 e. The number of benzene rings is 1. The van der Waals surface area contributed by atoms with Gasteiger partial charge in [-0.25, -0.2) is 0 Å². The van der Waals surface area contributed by atoms with Crippen LogP contribution in [0.2, 0.25) is 0 Å². The molecule has 0 aromatic heterocycles. The fourth-order valence-corrected chi connectivity index (χ4v) is 1.93. The van der Waals surface area contributed by atoms with E-state index in [2.05, 4.69) is 5.32 Å². The maximum Gasteiger partial charge on any atom is 0.251 e. The van der Waals surface area contributed by atoms with Crippen molar-refractivity contribution >= 4 is 5.91 Å². The van der Waals surface area contributed by atoms with Gasteiger partial charge in [0, 0.05) is 25.3 Å². The van der Waals surface area contributed by atoms with Gasteiger partial charge < -0.3 is 15.8 Å². The molecule has 1 amide bonds. The molecule has 0 aliphatic rings. The maximum absolute atomic E-state index is 12.0. The lowest BCUT2D eigenvalue weighted by atomic mass is 10.0. The lowest BCUT2D eigenvalue weighted by Crippen LogP contribution is -2.33. The molecule has 100 valence electrons. The number of nitrogens with one attached hydrogen (secondary N) is 1. The molecule has 0 saturated heterocycles. The van der Waals surface area contributed by atoms with Gasteiger partial charge >= 0.3 is 0 Å². The van der Waals surface area contributed by atoms with Gasteiger partial charge in [0.05, 0.1) is 6.61 Å². The minimum atomic E-state index is -0.0340. The van der Waals surface area contributed by atoms with E-state index in [0.29, 0.717) is 19.6 Å². The maximum atomic E-state index is 12.0. The molecular weight excluding hydrogens is 228 g/mol. The first-order chi connectivity index (χ1) is 8.56. The van der Waals surface area contributed by atoms with Crippen molar-refractivity contribution in [2.45, 2.75) is 26.3 Å². The average molecular weight is 250 g/mol. The molecule has 18 heavy (non-hydrogen) atoms. The summed E-state index contributed by atoms with van der Waals surface area (Å²) in [5.41, 5.74) is 8.54. The fraction of sp³-hybridized carbons (Fsp3) is 0.500. The van der Waals surface area contributed by atoms with Gasteiger partial charge in [-0.3, -0.25) is 4.79 Å². The number of nitrogens with two attached hydrogens (primary N) is 1. The van der Waals surface area contributed by atoms with E-state index >= 15 is 0 Å². The zero-order chi connectivity index (χ0) is 13.5. The van der Waals surface area contributed by atoms with Crippen LogP contribution in [-0.2, 0) is 4.74 Å². The predicted molar refractivity (Wildman–Crippen MR) is 72.7 cm³/mol. The molecule has 1 rings (SSSR count). The standard InChI is InChI=1S/C14H22N2O2/c1-10-5-4-6-11(2)13(10)14(17)16-8-7-12(15)9-18-3/h4-6,12H,7-9,15H2,1-3H3,(H,16,17). The van der Waals surface area contributed by atoms with Crippen LogP contribution in [0, 0.1) is 13.8 Å². The number of hydrogen-bond acceptors (Lipinski definition) is 3. The highest BCUT2D eigenvalue weighted by molar-refractivity contribution is 5.97. The third-order valence-electron chi connectivity index (χ3n) is 2.89. The van der Waals surface area contributed by atoms with Crippen molar-refractivity contribution in [1.82, 2.24) is 5.32 Å². The lowest BCUT2D eigenvalue weighted by molar-refractivity contribution is 0.0949.